The van der Waals surface area contributed by atoms with Gasteiger partial charge in [0.25, 0.3) is 5.91 Å². The number of fused-ring (bicyclic) bond motifs is 2. The lowest BCUT2D eigenvalue weighted by atomic mass is 9.94. The number of aliphatic hydroxyl groups is 1. The van der Waals surface area contributed by atoms with Crippen molar-refractivity contribution in [2.24, 2.45) is 11.8 Å². The molecule has 3 nitrogen and oxygen atoms in total. The van der Waals surface area contributed by atoms with Gasteiger partial charge in [-0.3, -0.25) is 4.79 Å². The fraction of sp³-hybridized carbons (Fsp3) is 0.381. The summed E-state index contributed by atoms with van der Waals surface area (Å²) in [6.07, 6.45) is 1.75. The van der Waals surface area contributed by atoms with Gasteiger partial charge in [-0.2, -0.15) is 0 Å². The zero-order valence-corrected chi connectivity index (χ0v) is 14.3. The lowest BCUT2D eigenvalue weighted by molar-refractivity contribution is 0.0166. The molecular formula is C21H22FNO2. The van der Waals surface area contributed by atoms with Crippen molar-refractivity contribution in [3.8, 4) is 11.1 Å². The summed E-state index contributed by atoms with van der Waals surface area (Å²) in [4.78, 5) is 14.6. The summed E-state index contributed by atoms with van der Waals surface area (Å²) in [6, 6.07) is 12.3. The molecule has 1 aliphatic heterocycles. The molecule has 2 aliphatic rings. The number of aliphatic hydroxyl groups excluding tert-OH is 1. The number of likely N-dealkylation sites (tertiary alicyclic amines) is 1. The molecule has 1 unspecified atom stereocenters. The zero-order valence-electron chi connectivity index (χ0n) is 14.3. The molecule has 1 saturated heterocycles. The van der Waals surface area contributed by atoms with Crippen molar-refractivity contribution < 1.29 is 14.3 Å². The van der Waals surface area contributed by atoms with Crippen molar-refractivity contribution in [1.82, 2.24) is 4.90 Å². The summed E-state index contributed by atoms with van der Waals surface area (Å²) in [5, 5.41) is 10.1. The highest BCUT2D eigenvalue weighted by Crippen LogP contribution is 2.37. The van der Waals surface area contributed by atoms with Crippen molar-refractivity contribution in [2.45, 2.75) is 25.9 Å². The molecule has 1 saturated carbocycles. The largest absolute Gasteiger partial charge is 0.392 e. The lowest BCUT2D eigenvalue weighted by Crippen LogP contribution is -2.47. The van der Waals surface area contributed by atoms with Crippen LogP contribution in [0.4, 0.5) is 4.39 Å². The van der Waals surface area contributed by atoms with Gasteiger partial charge in [-0.1, -0.05) is 24.3 Å². The number of nitrogens with zero attached hydrogens (tertiary/aromatic N) is 1. The first-order valence-electron chi connectivity index (χ1n) is 8.87. The molecule has 4 rings (SSSR count). The maximum absolute atomic E-state index is 14.1. The molecule has 4 heteroatoms. The third-order valence-electron chi connectivity index (χ3n) is 5.64. The van der Waals surface area contributed by atoms with Gasteiger partial charge in [-0.25, -0.2) is 4.39 Å². The van der Waals surface area contributed by atoms with Crippen molar-refractivity contribution in [3.05, 3.63) is 59.4 Å². The highest BCUT2D eigenvalue weighted by atomic mass is 19.1. The molecule has 1 N–H and O–H groups in total. The van der Waals surface area contributed by atoms with Crippen LogP contribution in [0.25, 0.3) is 11.1 Å². The number of aryl methyl sites for hydroxylation is 1. The fourth-order valence-electron chi connectivity index (χ4n) is 4.19. The molecule has 0 spiro atoms. The molecule has 1 aliphatic carbocycles. The van der Waals surface area contributed by atoms with Crippen molar-refractivity contribution in [2.75, 3.05) is 13.1 Å². The van der Waals surface area contributed by atoms with Crippen LogP contribution >= 0.6 is 0 Å². The minimum Gasteiger partial charge on any atom is -0.392 e. The maximum Gasteiger partial charge on any atom is 0.253 e. The number of halogens is 1. The number of benzene rings is 2. The topological polar surface area (TPSA) is 40.5 Å². The molecule has 3 atom stereocenters. The summed E-state index contributed by atoms with van der Waals surface area (Å²) >= 11 is 0. The first-order valence-corrected chi connectivity index (χ1v) is 8.87. The third-order valence-corrected chi connectivity index (χ3v) is 5.64. The molecular weight excluding hydrogens is 317 g/mol. The number of rotatable bonds is 2. The van der Waals surface area contributed by atoms with E-state index in [4.69, 9.17) is 0 Å². The van der Waals surface area contributed by atoms with E-state index in [9.17, 15) is 14.3 Å². The maximum atomic E-state index is 14.1. The Hall–Kier alpha value is -2.20. The lowest BCUT2D eigenvalue weighted by Gasteiger charge is -2.35. The highest BCUT2D eigenvalue weighted by molar-refractivity contribution is 5.94. The number of hydrogen-bond donors (Lipinski definition) is 1. The summed E-state index contributed by atoms with van der Waals surface area (Å²) in [5.41, 5.74) is 2.81. The Labute approximate surface area is 147 Å². The van der Waals surface area contributed by atoms with Crippen LogP contribution in [0, 0.1) is 24.6 Å². The molecule has 25 heavy (non-hydrogen) atoms. The predicted octanol–water partition coefficient (Wildman–Crippen LogP) is 3.64. The highest BCUT2D eigenvalue weighted by Gasteiger charge is 2.42. The minimum atomic E-state index is -0.254. The van der Waals surface area contributed by atoms with E-state index in [1.807, 2.05) is 17.9 Å². The number of carbonyl (C=O) groups excluding carboxylic acids is 1. The van der Waals surface area contributed by atoms with E-state index in [1.165, 1.54) is 6.07 Å². The Morgan fingerprint density at radius 2 is 1.72 bits per heavy atom. The molecule has 2 aromatic rings. The summed E-state index contributed by atoms with van der Waals surface area (Å²) in [5.74, 6) is 0.174. The summed E-state index contributed by atoms with van der Waals surface area (Å²) in [7, 11) is 0. The van der Waals surface area contributed by atoms with E-state index in [1.54, 1.807) is 30.3 Å². The second kappa shape index (κ2) is 6.26. The van der Waals surface area contributed by atoms with Gasteiger partial charge in [0, 0.05) is 36.1 Å². The Morgan fingerprint density at radius 1 is 1.08 bits per heavy atom. The summed E-state index contributed by atoms with van der Waals surface area (Å²) in [6.45, 7) is 3.12. The summed E-state index contributed by atoms with van der Waals surface area (Å²) < 4.78 is 14.1. The van der Waals surface area contributed by atoms with Crippen molar-refractivity contribution in [3.63, 3.8) is 0 Å². The van der Waals surface area contributed by atoms with Crippen LogP contribution in [0.5, 0.6) is 0 Å². The van der Waals surface area contributed by atoms with E-state index in [2.05, 4.69) is 0 Å². The van der Waals surface area contributed by atoms with E-state index >= 15 is 0 Å². The standard InChI is InChI=1S/C21H22FNO2/c1-13-2-9-18(19(22)10-13)14-3-5-15(6-4-14)21(25)23-11-16-7-8-17(12-23)20(16)24/h2-6,9-10,16-17,20,24H,7-8,11-12H2,1H3/t16-,17+,20?. The quantitative estimate of drug-likeness (QED) is 0.907. The Balaban J connectivity index is 1.53. The SMILES string of the molecule is Cc1ccc(-c2ccc(C(=O)N3C[C@H]4CC[C@@H](C3)C4O)cc2)c(F)c1. The van der Waals surface area contributed by atoms with Crippen LogP contribution in [0.2, 0.25) is 0 Å². The number of amides is 1. The molecule has 0 radical (unpaired) electrons. The van der Waals surface area contributed by atoms with E-state index in [0.29, 0.717) is 24.2 Å². The number of hydrogen-bond acceptors (Lipinski definition) is 2. The molecule has 1 heterocycles. The molecule has 0 aromatic heterocycles. The normalized spacial score (nSPS) is 25.2. The van der Waals surface area contributed by atoms with Gasteiger partial charge in [0.2, 0.25) is 0 Å². The first kappa shape index (κ1) is 16.3. The van der Waals surface area contributed by atoms with Crippen LogP contribution in [-0.4, -0.2) is 35.1 Å². The molecule has 130 valence electrons. The Kier molecular flexibility index (Phi) is 4.08. The van der Waals surface area contributed by atoms with E-state index in [0.717, 1.165) is 24.0 Å². The van der Waals surface area contributed by atoms with Crippen molar-refractivity contribution in [1.29, 1.82) is 0 Å². The molecule has 2 bridgehead atoms. The van der Waals surface area contributed by atoms with E-state index in [-0.39, 0.29) is 29.7 Å². The average molecular weight is 339 g/mol. The van der Waals surface area contributed by atoms with Crippen LogP contribution in [-0.2, 0) is 0 Å². The van der Waals surface area contributed by atoms with E-state index < -0.39 is 0 Å². The van der Waals surface area contributed by atoms with Gasteiger partial charge in [0.15, 0.2) is 0 Å². The molecule has 2 fully saturated rings. The van der Waals surface area contributed by atoms with Crippen LogP contribution in [0.3, 0.4) is 0 Å². The van der Waals surface area contributed by atoms with Crippen LogP contribution in [0.15, 0.2) is 42.5 Å². The van der Waals surface area contributed by atoms with Gasteiger partial charge in [-0.15, -0.1) is 0 Å². The zero-order chi connectivity index (χ0) is 17.6. The van der Waals surface area contributed by atoms with Gasteiger partial charge in [0.05, 0.1) is 6.10 Å². The molecule has 1 amide bonds. The van der Waals surface area contributed by atoms with Gasteiger partial charge >= 0.3 is 0 Å². The predicted molar refractivity (Wildman–Crippen MR) is 94.7 cm³/mol. The minimum absolute atomic E-state index is 0.000252. The second-order valence-electron chi connectivity index (χ2n) is 7.36. The van der Waals surface area contributed by atoms with Gasteiger partial charge < -0.3 is 10.0 Å². The Morgan fingerprint density at radius 3 is 2.32 bits per heavy atom. The monoisotopic (exact) mass is 339 g/mol. The van der Waals surface area contributed by atoms with Crippen molar-refractivity contribution >= 4 is 5.91 Å². The fourth-order valence-corrected chi connectivity index (χ4v) is 4.19. The van der Waals surface area contributed by atoms with Gasteiger partial charge in [-0.05, 0) is 49.1 Å². The van der Waals surface area contributed by atoms with Crippen LogP contribution in [0.1, 0.15) is 28.8 Å². The molecule has 2 aromatic carbocycles. The Bertz CT molecular complexity index is 788. The number of piperidine rings is 1. The number of carbonyl (C=O) groups is 1. The third kappa shape index (κ3) is 2.95. The second-order valence-corrected chi connectivity index (χ2v) is 7.36. The smallest absolute Gasteiger partial charge is 0.253 e. The first-order chi connectivity index (χ1) is 12.0. The van der Waals surface area contributed by atoms with Crippen LogP contribution < -0.4 is 0 Å². The van der Waals surface area contributed by atoms with Gasteiger partial charge in [0.1, 0.15) is 5.82 Å². The average Bonchev–Trinajstić information content (AvgIpc) is 2.82.